The Morgan fingerprint density at radius 2 is 1.76 bits per heavy atom. The maximum Gasteiger partial charge on any atom is 0.253 e. The third-order valence-corrected chi connectivity index (χ3v) is 5.05. The van der Waals surface area contributed by atoms with E-state index in [4.69, 9.17) is 0 Å². The summed E-state index contributed by atoms with van der Waals surface area (Å²) >= 11 is 0. The zero-order valence-corrected chi connectivity index (χ0v) is 13.0. The predicted octanol–water partition coefficient (Wildman–Crippen LogP) is 3.02. The number of hydrogen-bond acceptors (Lipinski definition) is 2. The summed E-state index contributed by atoms with van der Waals surface area (Å²) in [6, 6.07) is 10.4. The number of rotatable bonds is 2. The second kappa shape index (κ2) is 6.61. The highest BCUT2D eigenvalue weighted by Crippen LogP contribution is 2.28. The summed E-state index contributed by atoms with van der Waals surface area (Å²) in [6.07, 6.45) is 5.45. The molecule has 21 heavy (non-hydrogen) atoms. The van der Waals surface area contributed by atoms with E-state index in [0.29, 0.717) is 0 Å². The number of amides is 1. The van der Waals surface area contributed by atoms with E-state index in [2.05, 4.69) is 11.8 Å². The Morgan fingerprint density at radius 3 is 2.43 bits per heavy atom. The summed E-state index contributed by atoms with van der Waals surface area (Å²) in [7, 11) is 0. The zero-order chi connectivity index (χ0) is 14.7. The normalized spacial score (nSPS) is 27.6. The van der Waals surface area contributed by atoms with Crippen LogP contribution >= 0.6 is 0 Å². The van der Waals surface area contributed by atoms with E-state index in [9.17, 15) is 4.79 Å². The minimum absolute atomic E-state index is 0.187. The molecule has 1 amide bonds. The van der Waals surface area contributed by atoms with Gasteiger partial charge in [0, 0.05) is 37.8 Å². The van der Waals surface area contributed by atoms with Crippen molar-refractivity contribution < 1.29 is 4.79 Å². The summed E-state index contributed by atoms with van der Waals surface area (Å²) in [5.41, 5.74) is 0.817. The molecule has 3 heteroatoms. The van der Waals surface area contributed by atoms with Crippen molar-refractivity contribution in [1.82, 2.24) is 9.80 Å². The second-order valence-electron chi connectivity index (χ2n) is 6.62. The van der Waals surface area contributed by atoms with Gasteiger partial charge in [-0.2, -0.15) is 0 Å². The number of carbonyl (C=O) groups is 1. The van der Waals surface area contributed by atoms with Gasteiger partial charge in [-0.1, -0.05) is 38.0 Å². The Balaban J connectivity index is 1.54. The molecule has 1 saturated heterocycles. The molecule has 1 aliphatic carbocycles. The van der Waals surface area contributed by atoms with Gasteiger partial charge in [-0.15, -0.1) is 0 Å². The van der Waals surface area contributed by atoms with Crippen molar-refractivity contribution in [2.75, 3.05) is 26.2 Å². The fourth-order valence-electron chi connectivity index (χ4n) is 3.79. The Bertz CT molecular complexity index is 465. The van der Waals surface area contributed by atoms with Crippen LogP contribution in [0, 0.1) is 5.92 Å². The van der Waals surface area contributed by atoms with E-state index >= 15 is 0 Å². The van der Waals surface area contributed by atoms with Gasteiger partial charge in [0.15, 0.2) is 0 Å². The molecule has 1 aromatic rings. The van der Waals surface area contributed by atoms with Gasteiger partial charge in [0.1, 0.15) is 0 Å². The standard InChI is InChI=1S/C18H26N2O/c1-15-6-5-9-17(14-15)19-10-12-20(13-11-19)18(21)16-7-3-2-4-8-16/h2-4,7-8,15,17H,5-6,9-14H2,1H3/t15-,17-/m0/s1. The van der Waals surface area contributed by atoms with Crippen molar-refractivity contribution in [3.05, 3.63) is 35.9 Å². The minimum Gasteiger partial charge on any atom is -0.336 e. The van der Waals surface area contributed by atoms with Gasteiger partial charge in [-0.25, -0.2) is 0 Å². The molecule has 0 radical (unpaired) electrons. The molecule has 3 rings (SSSR count). The first-order valence-electron chi connectivity index (χ1n) is 8.32. The molecule has 3 nitrogen and oxygen atoms in total. The average Bonchev–Trinajstić information content (AvgIpc) is 2.55. The van der Waals surface area contributed by atoms with E-state index in [1.54, 1.807) is 0 Å². The van der Waals surface area contributed by atoms with Crippen molar-refractivity contribution in [3.8, 4) is 0 Å². The molecule has 2 aliphatic rings. The number of hydrogen-bond donors (Lipinski definition) is 0. The van der Waals surface area contributed by atoms with Crippen LogP contribution in [0.4, 0.5) is 0 Å². The molecular weight excluding hydrogens is 260 g/mol. The SMILES string of the molecule is C[C@H]1CCC[C@H](N2CCN(C(=O)c3ccccc3)CC2)C1. The average molecular weight is 286 g/mol. The fourth-order valence-corrected chi connectivity index (χ4v) is 3.79. The van der Waals surface area contributed by atoms with E-state index in [0.717, 1.165) is 43.7 Å². The van der Waals surface area contributed by atoms with Gasteiger partial charge in [0.05, 0.1) is 0 Å². The van der Waals surface area contributed by atoms with Crippen LogP contribution in [-0.2, 0) is 0 Å². The second-order valence-corrected chi connectivity index (χ2v) is 6.62. The van der Waals surface area contributed by atoms with Crippen LogP contribution in [0.15, 0.2) is 30.3 Å². The molecule has 1 saturated carbocycles. The van der Waals surface area contributed by atoms with Crippen molar-refractivity contribution in [3.63, 3.8) is 0 Å². The van der Waals surface area contributed by atoms with Gasteiger partial charge in [0.25, 0.3) is 5.91 Å². The molecule has 0 aromatic heterocycles. The molecule has 2 atom stereocenters. The lowest BCUT2D eigenvalue weighted by Gasteiger charge is -2.42. The van der Waals surface area contributed by atoms with Crippen molar-refractivity contribution in [1.29, 1.82) is 0 Å². The molecule has 0 bridgehead atoms. The summed E-state index contributed by atoms with van der Waals surface area (Å²) in [6.45, 7) is 6.20. The Kier molecular flexibility index (Phi) is 4.59. The molecular formula is C18H26N2O. The van der Waals surface area contributed by atoms with Crippen LogP contribution in [0.25, 0.3) is 0 Å². The summed E-state index contributed by atoms with van der Waals surface area (Å²) < 4.78 is 0. The summed E-state index contributed by atoms with van der Waals surface area (Å²) in [5, 5.41) is 0. The number of nitrogens with zero attached hydrogens (tertiary/aromatic N) is 2. The maximum atomic E-state index is 12.4. The van der Waals surface area contributed by atoms with Gasteiger partial charge >= 0.3 is 0 Å². The third kappa shape index (κ3) is 3.46. The number of carbonyl (C=O) groups excluding carboxylic acids is 1. The fraction of sp³-hybridized carbons (Fsp3) is 0.611. The van der Waals surface area contributed by atoms with E-state index < -0.39 is 0 Å². The van der Waals surface area contributed by atoms with E-state index in [1.807, 2.05) is 35.2 Å². The smallest absolute Gasteiger partial charge is 0.253 e. The molecule has 0 spiro atoms. The molecule has 0 unspecified atom stereocenters. The Hall–Kier alpha value is -1.35. The lowest BCUT2D eigenvalue weighted by molar-refractivity contribution is 0.0489. The third-order valence-electron chi connectivity index (χ3n) is 5.05. The Labute approximate surface area is 127 Å². The molecule has 114 valence electrons. The van der Waals surface area contributed by atoms with Crippen LogP contribution in [0.5, 0.6) is 0 Å². The predicted molar refractivity (Wildman–Crippen MR) is 85.3 cm³/mol. The molecule has 0 N–H and O–H groups in total. The van der Waals surface area contributed by atoms with Crippen LogP contribution < -0.4 is 0 Å². The van der Waals surface area contributed by atoms with Gasteiger partial charge in [-0.05, 0) is 30.9 Å². The highest BCUT2D eigenvalue weighted by molar-refractivity contribution is 5.94. The quantitative estimate of drug-likeness (QED) is 0.834. The topological polar surface area (TPSA) is 23.6 Å². The van der Waals surface area contributed by atoms with Crippen molar-refractivity contribution in [2.24, 2.45) is 5.92 Å². The highest BCUT2D eigenvalue weighted by Gasteiger charge is 2.29. The molecule has 2 fully saturated rings. The number of benzene rings is 1. The van der Waals surface area contributed by atoms with Crippen LogP contribution in [-0.4, -0.2) is 47.9 Å². The zero-order valence-electron chi connectivity index (χ0n) is 13.0. The van der Waals surface area contributed by atoms with Crippen LogP contribution in [0.3, 0.4) is 0 Å². The first-order chi connectivity index (χ1) is 10.2. The first-order valence-corrected chi connectivity index (χ1v) is 8.32. The Morgan fingerprint density at radius 1 is 1.05 bits per heavy atom. The van der Waals surface area contributed by atoms with E-state index in [-0.39, 0.29) is 5.91 Å². The lowest BCUT2D eigenvalue weighted by Crippen LogP contribution is -2.52. The largest absolute Gasteiger partial charge is 0.336 e. The van der Waals surface area contributed by atoms with Crippen molar-refractivity contribution in [2.45, 2.75) is 38.6 Å². The number of piperazine rings is 1. The van der Waals surface area contributed by atoms with Crippen LogP contribution in [0.1, 0.15) is 43.0 Å². The highest BCUT2D eigenvalue weighted by atomic mass is 16.2. The van der Waals surface area contributed by atoms with Crippen LogP contribution in [0.2, 0.25) is 0 Å². The first kappa shape index (κ1) is 14.6. The maximum absolute atomic E-state index is 12.4. The summed E-state index contributed by atoms with van der Waals surface area (Å²) in [5.74, 6) is 1.06. The molecule has 1 aliphatic heterocycles. The minimum atomic E-state index is 0.187. The van der Waals surface area contributed by atoms with E-state index in [1.165, 1.54) is 25.7 Å². The van der Waals surface area contributed by atoms with Gasteiger partial charge in [-0.3, -0.25) is 9.69 Å². The van der Waals surface area contributed by atoms with Crippen molar-refractivity contribution >= 4 is 5.91 Å². The molecule has 1 heterocycles. The molecule has 1 aromatic carbocycles. The summed E-state index contributed by atoms with van der Waals surface area (Å²) in [4.78, 5) is 17.1. The monoisotopic (exact) mass is 286 g/mol. The van der Waals surface area contributed by atoms with Gasteiger partial charge in [0.2, 0.25) is 0 Å². The van der Waals surface area contributed by atoms with Gasteiger partial charge < -0.3 is 4.90 Å². The lowest BCUT2D eigenvalue weighted by atomic mass is 9.86.